The average molecular weight is 343 g/mol. The highest BCUT2D eigenvalue weighted by Crippen LogP contribution is 2.19. The predicted octanol–water partition coefficient (Wildman–Crippen LogP) is 1.20. The number of hydrogen-bond donors (Lipinski definition) is 1. The van der Waals surface area contributed by atoms with E-state index in [1.807, 2.05) is 0 Å². The third kappa shape index (κ3) is 5.31. The number of ether oxygens (including phenoxy) is 1. The SMILES string of the molecule is CC(OC(=O)CCS(=O)(=O)c1ccc(F)cc1)C(=O)NC1CC1. The first-order valence-electron chi connectivity index (χ1n) is 7.26. The van der Waals surface area contributed by atoms with E-state index in [0.29, 0.717) is 0 Å². The molecule has 6 nitrogen and oxygen atoms in total. The highest BCUT2D eigenvalue weighted by molar-refractivity contribution is 7.91. The van der Waals surface area contributed by atoms with Crippen molar-refractivity contribution in [3.8, 4) is 0 Å². The molecule has 0 bridgehead atoms. The molecule has 1 saturated carbocycles. The van der Waals surface area contributed by atoms with Gasteiger partial charge in [-0.2, -0.15) is 0 Å². The Kier molecular flexibility index (Phi) is 5.35. The maximum absolute atomic E-state index is 12.8. The molecule has 1 aliphatic rings. The fraction of sp³-hybridized carbons (Fsp3) is 0.467. The minimum absolute atomic E-state index is 0.0637. The van der Waals surface area contributed by atoms with Crippen molar-refractivity contribution in [2.24, 2.45) is 0 Å². The lowest BCUT2D eigenvalue weighted by atomic mass is 10.3. The quantitative estimate of drug-likeness (QED) is 0.593. The normalized spacial score (nSPS) is 15.7. The van der Waals surface area contributed by atoms with E-state index in [1.54, 1.807) is 0 Å². The van der Waals surface area contributed by atoms with Crippen molar-refractivity contribution in [3.05, 3.63) is 30.1 Å². The molecule has 1 aromatic rings. The Balaban J connectivity index is 1.82. The van der Waals surface area contributed by atoms with Gasteiger partial charge in [0.05, 0.1) is 17.1 Å². The van der Waals surface area contributed by atoms with Crippen LogP contribution in [0.25, 0.3) is 0 Å². The second-order valence-corrected chi connectivity index (χ2v) is 7.55. The van der Waals surface area contributed by atoms with Crippen LogP contribution in [0.2, 0.25) is 0 Å². The summed E-state index contributed by atoms with van der Waals surface area (Å²) in [5, 5.41) is 2.69. The number of benzene rings is 1. The molecule has 1 N–H and O–H groups in total. The second-order valence-electron chi connectivity index (χ2n) is 5.44. The van der Waals surface area contributed by atoms with Gasteiger partial charge in [-0.25, -0.2) is 12.8 Å². The fourth-order valence-corrected chi connectivity index (χ4v) is 3.06. The van der Waals surface area contributed by atoms with Gasteiger partial charge in [0.2, 0.25) is 0 Å². The molecule has 1 aliphatic carbocycles. The summed E-state index contributed by atoms with van der Waals surface area (Å²) in [6, 6.07) is 4.51. The maximum atomic E-state index is 12.8. The second kappa shape index (κ2) is 7.08. The molecular formula is C15H18FNO5S. The number of halogens is 1. The van der Waals surface area contributed by atoms with Gasteiger partial charge < -0.3 is 10.1 Å². The molecule has 1 atom stereocenters. The molecule has 1 amide bonds. The van der Waals surface area contributed by atoms with Gasteiger partial charge >= 0.3 is 5.97 Å². The number of nitrogens with one attached hydrogen (secondary N) is 1. The lowest BCUT2D eigenvalue weighted by Gasteiger charge is -2.13. The summed E-state index contributed by atoms with van der Waals surface area (Å²) in [6.07, 6.45) is 0.502. The molecule has 2 rings (SSSR count). The Morgan fingerprint density at radius 1 is 1.30 bits per heavy atom. The van der Waals surface area contributed by atoms with Crippen molar-refractivity contribution in [2.45, 2.75) is 43.2 Å². The van der Waals surface area contributed by atoms with Gasteiger partial charge in [-0.3, -0.25) is 9.59 Å². The minimum atomic E-state index is -3.71. The van der Waals surface area contributed by atoms with Crippen LogP contribution < -0.4 is 5.32 Å². The molecule has 8 heteroatoms. The summed E-state index contributed by atoms with van der Waals surface area (Å²) in [5.74, 6) is -2.16. The molecule has 23 heavy (non-hydrogen) atoms. The van der Waals surface area contributed by atoms with Crippen LogP contribution in [-0.2, 0) is 24.2 Å². The van der Waals surface area contributed by atoms with Crippen LogP contribution in [0.15, 0.2) is 29.2 Å². The molecule has 0 saturated heterocycles. The zero-order valence-electron chi connectivity index (χ0n) is 12.6. The zero-order valence-corrected chi connectivity index (χ0v) is 13.4. The molecule has 0 heterocycles. The number of carbonyl (C=O) groups excluding carboxylic acids is 2. The Morgan fingerprint density at radius 2 is 1.91 bits per heavy atom. The lowest BCUT2D eigenvalue weighted by molar-refractivity contribution is -0.154. The molecule has 0 aromatic heterocycles. The third-order valence-corrected chi connectivity index (χ3v) is 5.08. The van der Waals surface area contributed by atoms with E-state index in [9.17, 15) is 22.4 Å². The highest BCUT2D eigenvalue weighted by atomic mass is 32.2. The van der Waals surface area contributed by atoms with Crippen LogP contribution in [0.3, 0.4) is 0 Å². The van der Waals surface area contributed by atoms with Gasteiger partial charge in [-0.1, -0.05) is 0 Å². The maximum Gasteiger partial charge on any atom is 0.307 e. The predicted molar refractivity (Wildman–Crippen MR) is 79.8 cm³/mol. The van der Waals surface area contributed by atoms with Crippen molar-refractivity contribution >= 4 is 21.7 Å². The highest BCUT2D eigenvalue weighted by Gasteiger charge is 2.27. The Morgan fingerprint density at radius 3 is 2.48 bits per heavy atom. The Hall–Kier alpha value is -1.96. The molecule has 126 valence electrons. The number of hydrogen-bond acceptors (Lipinski definition) is 5. The van der Waals surface area contributed by atoms with E-state index in [-0.39, 0.29) is 23.3 Å². The summed E-state index contributed by atoms with van der Waals surface area (Å²) in [6.45, 7) is 1.43. The van der Waals surface area contributed by atoms with Crippen molar-refractivity contribution < 1.29 is 27.1 Å². The lowest BCUT2D eigenvalue weighted by Crippen LogP contribution is -2.37. The van der Waals surface area contributed by atoms with E-state index in [0.717, 1.165) is 37.1 Å². The number of carbonyl (C=O) groups is 2. The molecule has 1 fully saturated rings. The van der Waals surface area contributed by atoms with Crippen LogP contribution in [0.5, 0.6) is 0 Å². The third-order valence-electron chi connectivity index (χ3n) is 3.35. The van der Waals surface area contributed by atoms with E-state index in [4.69, 9.17) is 4.74 Å². The van der Waals surface area contributed by atoms with Crippen molar-refractivity contribution in [3.63, 3.8) is 0 Å². The summed E-state index contributed by atoms with van der Waals surface area (Å²) < 4.78 is 41.7. The van der Waals surface area contributed by atoms with E-state index < -0.39 is 33.5 Å². The molecule has 0 aliphatic heterocycles. The van der Waals surface area contributed by atoms with Crippen molar-refractivity contribution in [2.75, 3.05) is 5.75 Å². The molecule has 0 spiro atoms. The summed E-state index contributed by atoms with van der Waals surface area (Å²) in [4.78, 5) is 23.2. The topological polar surface area (TPSA) is 89.5 Å². The summed E-state index contributed by atoms with van der Waals surface area (Å²) in [7, 11) is -3.71. The summed E-state index contributed by atoms with van der Waals surface area (Å²) >= 11 is 0. The van der Waals surface area contributed by atoms with Crippen LogP contribution in [-0.4, -0.2) is 38.2 Å². The van der Waals surface area contributed by atoms with Gasteiger partial charge in [0.1, 0.15) is 5.82 Å². The minimum Gasteiger partial charge on any atom is -0.453 e. The molecule has 1 aromatic carbocycles. The number of sulfone groups is 1. The van der Waals surface area contributed by atoms with E-state index >= 15 is 0 Å². The molecule has 0 radical (unpaired) electrons. The first kappa shape index (κ1) is 17.4. The smallest absolute Gasteiger partial charge is 0.307 e. The van der Waals surface area contributed by atoms with E-state index in [2.05, 4.69) is 5.32 Å². The van der Waals surface area contributed by atoms with Crippen molar-refractivity contribution in [1.82, 2.24) is 5.32 Å². The number of rotatable bonds is 7. The number of esters is 1. The van der Waals surface area contributed by atoms with Gasteiger partial charge in [-0.05, 0) is 44.0 Å². The molecule has 1 unspecified atom stereocenters. The van der Waals surface area contributed by atoms with Crippen LogP contribution in [0, 0.1) is 5.82 Å². The van der Waals surface area contributed by atoms with Crippen LogP contribution in [0.4, 0.5) is 4.39 Å². The van der Waals surface area contributed by atoms with Crippen LogP contribution >= 0.6 is 0 Å². The van der Waals surface area contributed by atoms with Crippen molar-refractivity contribution in [1.29, 1.82) is 0 Å². The average Bonchev–Trinajstić information content (AvgIpc) is 3.29. The fourth-order valence-electron chi connectivity index (χ4n) is 1.83. The number of amides is 1. The van der Waals surface area contributed by atoms with Gasteiger partial charge in [0.15, 0.2) is 15.9 Å². The first-order valence-corrected chi connectivity index (χ1v) is 8.91. The van der Waals surface area contributed by atoms with E-state index in [1.165, 1.54) is 6.92 Å². The Labute approximate surface area is 133 Å². The monoisotopic (exact) mass is 343 g/mol. The first-order chi connectivity index (χ1) is 10.8. The van der Waals surface area contributed by atoms with Gasteiger partial charge in [-0.15, -0.1) is 0 Å². The molecular weight excluding hydrogens is 325 g/mol. The summed E-state index contributed by atoms with van der Waals surface area (Å²) in [5.41, 5.74) is 0. The van der Waals surface area contributed by atoms with Crippen LogP contribution in [0.1, 0.15) is 26.2 Å². The largest absolute Gasteiger partial charge is 0.453 e. The van der Waals surface area contributed by atoms with Gasteiger partial charge in [0, 0.05) is 6.04 Å². The zero-order chi connectivity index (χ0) is 17.0. The Bertz CT molecular complexity index is 682. The standard InChI is InChI=1S/C15H18FNO5S/c1-10(15(19)17-12-4-5-12)22-14(18)8-9-23(20,21)13-6-2-11(16)3-7-13/h2-3,6-7,10,12H,4-5,8-9H2,1H3,(H,17,19). The van der Waals surface area contributed by atoms with Gasteiger partial charge in [0.25, 0.3) is 5.91 Å².